The van der Waals surface area contributed by atoms with Crippen molar-refractivity contribution in [2.75, 3.05) is 33.8 Å². The molecule has 1 atom stereocenters. The number of hydrogen-bond acceptors (Lipinski definition) is 3. The standard InChI is InChI=1S/C19H24N2O/c1-13-5-4-6-15-18(12-20)17-11-14(22-10-9-21(2)3)7-8-16(17)19(13)15/h4-8,11,18H,9-10,12,20H2,1-3H3. The third-order valence-electron chi connectivity index (χ3n) is 4.39. The van der Waals surface area contributed by atoms with Gasteiger partial charge in [0.05, 0.1) is 0 Å². The number of fused-ring (bicyclic) bond motifs is 3. The molecule has 0 radical (unpaired) electrons. The number of nitrogens with zero attached hydrogens (tertiary/aromatic N) is 1. The minimum atomic E-state index is 0.280. The summed E-state index contributed by atoms with van der Waals surface area (Å²) in [6.07, 6.45) is 0. The maximum absolute atomic E-state index is 6.06. The summed E-state index contributed by atoms with van der Waals surface area (Å²) < 4.78 is 5.88. The first-order valence-corrected chi connectivity index (χ1v) is 7.83. The van der Waals surface area contributed by atoms with E-state index in [0.717, 1.165) is 12.3 Å². The van der Waals surface area contributed by atoms with Gasteiger partial charge in [0, 0.05) is 19.0 Å². The lowest BCUT2D eigenvalue weighted by molar-refractivity contribution is 0.261. The number of ether oxygens (including phenoxy) is 1. The van der Waals surface area contributed by atoms with Crippen molar-refractivity contribution >= 4 is 0 Å². The lowest BCUT2D eigenvalue weighted by Gasteiger charge is -2.14. The first kappa shape index (κ1) is 15.1. The van der Waals surface area contributed by atoms with Gasteiger partial charge < -0.3 is 15.4 Å². The molecule has 1 aliphatic rings. The Morgan fingerprint density at radius 2 is 1.95 bits per heavy atom. The zero-order valence-corrected chi connectivity index (χ0v) is 13.6. The van der Waals surface area contributed by atoms with E-state index in [4.69, 9.17) is 10.5 Å². The number of likely N-dealkylation sites (N-methyl/N-ethyl adjacent to an activating group) is 1. The van der Waals surface area contributed by atoms with Gasteiger partial charge in [-0.25, -0.2) is 0 Å². The van der Waals surface area contributed by atoms with Crippen molar-refractivity contribution in [2.45, 2.75) is 12.8 Å². The summed E-state index contributed by atoms with van der Waals surface area (Å²) >= 11 is 0. The molecular formula is C19H24N2O. The summed E-state index contributed by atoms with van der Waals surface area (Å²) in [4.78, 5) is 2.12. The second-order valence-corrected chi connectivity index (χ2v) is 6.23. The van der Waals surface area contributed by atoms with Crippen LogP contribution in [0, 0.1) is 6.92 Å². The molecule has 0 spiro atoms. The van der Waals surface area contributed by atoms with Crippen LogP contribution in [-0.2, 0) is 0 Å². The molecule has 2 aromatic rings. The molecule has 3 nitrogen and oxygen atoms in total. The van der Waals surface area contributed by atoms with Crippen molar-refractivity contribution in [3.05, 3.63) is 53.1 Å². The van der Waals surface area contributed by atoms with Crippen LogP contribution in [0.5, 0.6) is 5.75 Å². The second-order valence-electron chi connectivity index (χ2n) is 6.23. The summed E-state index contributed by atoms with van der Waals surface area (Å²) in [5.41, 5.74) is 12.7. The maximum Gasteiger partial charge on any atom is 0.119 e. The molecule has 0 saturated carbocycles. The van der Waals surface area contributed by atoms with E-state index in [-0.39, 0.29) is 5.92 Å². The Labute approximate surface area is 132 Å². The molecule has 116 valence electrons. The van der Waals surface area contributed by atoms with Crippen molar-refractivity contribution in [1.82, 2.24) is 4.90 Å². The van der Waals surface area contributed by atoms with Gasteiger partial charge in [0.15, 0.2) is 0 Å². The topological polar surface area (TPSA) is 38.5 Å². The quantitative estimate of drug-likeness (QED) is 0.922. The van der Waals surface area contributed by atoms with Gasteiger partial charge in [0.25, 0.3) is 0 Å². The maximum atomic E-state index is 6.06. The molecule has 0 aliphatic heterocycles. The number of nitrogens with two attached hydrogens (primary N) is 1. The van der Waals surface area contributed by atoms with Crippen molar-refractivity contribution in [3.8, 4) is 16.9 Å². The molecule has 0 heterocycles. The molecule has 0 saturated heterocycles. The fraction of sp³-hybridized carbons (Fsp3) is 0.368. The molecule has 0 aromatic heterocycles. The van der Waals surface area contributed by atoms with E-state index in [1.807, 2.05) is 0 Å². The Kier molecular flexibility index (Phi) is 4.19. The van der Waals surface area contributed by atoms with E-state index in [1.54, 1.807) is 0 Å². The first-order chi connectivity index (χ1) is 10.6. The third kappa shape index (κ3) is 2.62. The third-order valence-corrected chi connectivity index (χ3v) is 4.39. The van der Waals surface area contributed by atoms with Crippen LogP contribution in [0.25, 0.3) is 11.1 Å². The fourth-order valence-electron chi connectivity index (χ4n) is 3.26. The molecule has 3 heteroatoms. The highest BCUT2D eigenvalue weighted by atomic mass is 16.5. The van der Waals surface area contributed by atoms with Gasteiger partial charge in [-0.3, -0.25) is 0 Å². The van der Waals surface area contributed by atoms with E-state index in [9.17, 15) is 0 Å². The summed E-state index contributed by atoms with van der Waals surface area (Å²) in [5.74, 6) is 1.21. The molecule has 0 fully saturated rings. The van der Waals surface area contributed by atoms with Gasteiger partial charge >= 0.3 is 0 Å². The van der Waals surface area contributed by atoms with Gasteiger partial charge in [-0.05, 0) is 61.0 Å². The van der Waals surface area contributed by atoms with Crippen molar-refractivity contribution < 1.29 is 4.74 Å². The average Bonchev–Trinajstić information content (AvgIpc) is 2.81. The summed E-state index contributed by atoms with van der Waals surface area (Å²) in [6, 6.07) is 12.9. The Morgan fingerprint density at radius 3 is 2.68 bits per heavy atom. The molecule has 22 heavy (non-hydrogen) atoms. The van der Waals surface area contributed by atoms with Crippen molar-refractivity contribution in [2.24, 2.45) is 5.73 Å². The smallest absolute Gasteiger partial charge is 0.119 e. The summed E-state index contributed by atoms with van der Waals surface area (Å²) in [7, 11) is 4.10. The van der Waals surface area contributed by atoms with Crippen molar-refractivity contribution in [1.29, 1.82) is 0 Å². The Balaban J connectivity index is 1.93. The number of hydrogen-bond donors (Lipinski definition) is 1. The zero-order valence-electron chi connectivity index (χ0n) is 13.6. The predicted molar refractivity (Wildman–Crippen MR) is 91.6 cm³/mol. The molecule has 0 amide bonds. The SMILES string of the molecule is Cc1cccc2c1-c1ccc(OCCN(C)C)cc1C2CN. The lowest BCUT2D eigenvalue weighted by Crippen LogP contribution is -2.19. The zero-order chi connectivity index (χ0) is 15.7. The van der Waals surface area contributed by atoms with Gasteiger partial charge in [0.1, 0.15) is 12.4 Å². The minimum absolute atomic E-state index is 0.280. The highest BCUT2D eigenvalue weighted by molar-refractivity contribution is 5.82. The molecule has 3 rings (SSSR count). The first-order valence-electron chi connectivity index (χ1n) is 7.83. The van der Waals surface area contributed by atoms with Crippen LogP contribution in [0.3, 0.4) is 0 Å². The number of benzene rings is 2. The van der Waals surface area contributed by atoms with E-state index >= 15 is 0 Å². The summed E-state index contributed by atoms with van der Waals surface area (Å²) in [6.45, 7) is 4.41. The van der Waals surface area contributed by atoms with E-state index in [1.165, 1.54) is 27.8 Å². The normalized spacial score (nSPS) is 15.8. The van der Waals surface area contributed by atoms with Crippen LogP contribution < -0.4 is 10.5 Å². The van der Waals surface area contributed by atoms with Gasteiger partial charge in [-0.15, -0.1) is 0 Å². The Hall–Kier alpha value is -1.84. The Morgan fingerprint density at radius 1 is 1.14 bits per heavy atom. The monoisotopic (exact) mass is 296 g/mol. The number of rotatable bonds is 5. The van der Waals surface area contributed by atoms with Gasteiger partial charge in [0.2, 0.25) is 0 Å². The van der Waals surface area contributed by atoms with Crippen LogP contribution in [0.4, 0.5) is 0 Å². The highest BCUT2D eigenvalue weighted by Gasteiger charge is 2.28. The van der Waals surface area contributed by atoms with E-state index in [0.29, 0.717) is 13.2 Å². The van der Waals surface area contributed by atoms with Crippen LogP contribution in [0.15, 0.2) is 36.4 Å². The molecule has 1 aliphatic carbocycles. The van der Waals surface area contributed by atoms with Crippen LogP contribution in [0.1, 0.15) is 22.6 Å². The highest BCUT2D eigenvalue weighted by Crippen LogP contribution is 2.46. The molecule has 0 bridgehead atoms. The van der Waals surface area contributed by atoms with Gasteiger partial charge in [-0.1, -0.05) is 24.3 Å². The van der Waals surface area contributed by atoms with Gasteiger partial charge in [-0.2, -0.15) is 0 Å². The molecule has 1 unspecified atom stereocenters. The molecule has 2 N–H and O–H groups in total. The molecule has 2 aromatic carbocycles. The fourth-order valence-corrected chi connectivity index (χ4v) is 3.26. The summed E-state index contributed by atoms with van der Waals surface area (Å²) in [5, 5.41) is 0. The van der Waals surface area contributed by atoms with E-state index in [2.05, 4.69) is 62.3 Å². The minimum Gasteiger partial charge on any atom is -0.492 e. The van der Waals surface area contributed by atoms with E-state index < -0.39 is 0 Å². The Bertz CT molecular complexity index is 679. The van der Waals surface area contributed by atoms with Crippen LogP contribution >= 0.6 is 0 Å². The average molecular weight is 296 g/mol. The van der Waals surface area contributed by atoms with Crippen LogP contribution in [0.2, 0.25) is 0 Å². The van der Waals surface area contributed by atoms with Crippen LogP contribution in [-0.4, -0.2) is 38.7 Å². The molecular weight excluding hydrogens is 272 g/mol. The lowest BCUT2D eigenvalue weighted by atomic mass is 9.96. The predicted octanol–water partition coefficient (Wildman–Crippen LogP) is 3.01. The largest absolute Gasteiger partial charge is 0.492 e. The number of aryl methyl sites for hydroxylation is 1. The second kappa shape index (κ2) is 6.11. The van der Waals surface area contributed by atoms with Crippen molar-refractivity contribution in [3.63, 3.8) is 0 Å².